The molecule has 0 saturated carbocycles. The van der Waals surface area contributed by atoms with Crippen LogP contribution in [0.1, 0.15) is 53.3 Å². The molecule has 2 aliphatic rings. The molecule has 3 N–H and O–H groups in total. The van der Waals surface area contributed by atoms with Gasteiger partial charge in [-0.05, 0) is 50.8 Å². The normalized spacial score (nSPS) is 21.5. The Kier molecular flexibility index (Phi) is 5.43. The minimum atomic E-state index is -0.191. The predicted molar refractivity (Wildman–Crippen MR) is 123 cm³/mol. The number of hydrogen-bond donors (Lipinski definition) is 2. The summed E-state index contributed by atoms with van der Waals surface area (Å²) in [6.45, 7) is 4.36. The molecule has 2 aromatic heterocycles. The fourth-order valence-electron chi connectivity index (χ4n) is 4.80. The third kappa shape index (κ3) is 3.78. The van der Waals surface area contributed by atoms with E-state index in [0.717, 1.165) is 61.5 Å². The lowest BCUT2D eigenvalue weighted by Crippen LogP contribution is -2.38. The number of aryl methyl sites for hydroxylation is 1. The van der Waals surface area contributed by atoms with Gasteiger partial charge in [-0.3, -0.25) is 4.79 Å². The van der Waals surface area contributed by atoms with Crippen LogP contribution in [0.4, 0.5) is 5.82 Å². The number of aromatic hydroxyl groups is 1. The Hall–Kier alpha value is -2.84. The van der Waals surface area contributed by atoms with E-state index < -0.39 is 0 Å². The number of rotatable bonds is 3. The van der Waals surface area contributed by atoms with Crippen molar-refractivity contribution >= 4 is 29.0 Å². The summed E-state index contributed by atoms with van der Waals surface area (Å²) in [7, 11) is 0. The second kappa shape index (κ2) is 8.26. The molecule has 2 fully saturated rings. The number of carbonyl (C=O) groups is 1. The first-order chi connectivity index (χ1) is 15.4. The summed E-state index contributed by atoms with van der Waals surface area (Å²) < 4.78 is 1.79. The Morgan fingerprint density at radius 3 is 2.84 bits per heavy atom. The number of piperidine rings is 1. The molecule has 2 atom stereocenters. The minimum absolute atomic E-state index is 0.0212. The predicted octanol–water partition coefficient (Wildman–Crippen LogP) is 3.30. The van der Waals surface area contributed by atoms with Crippen molar-refractivity contribution in [2.45, 2.75) is 44.7 Å². The zero-order valence-electron chi connectivity index (χ0n) is 18.0. The molecule has 32 heavy (non-hydrogen) atoms. The molecule has 5 rings (SSSR count). The number of anilines is 1. The van der Waals surface area contributed by atoms with Crippen molar-refractivity contribution in [2.24, 2.45) is 5.73 Å². The van der Waals surface area contributed by atoms with E-state index in [2.05, 4.69) is 4.90 Å². The number of hydrogen-bond acceptors (Lipinski definition) is 6. The molecule has 0 bridgehead atoms. The first-order valence-electron chi connectivity index (χ1n) is 11.1. The maximum absolute atomic E-state index is 13.3. The molecule has 1 amide bonds. The number of fused-ring (bicyclic) bond motifs is 1. The van der Waals surface area contributed by atoms with Gasteiger partial charge >= 0.3 is 0 Å². The molecule has 9 heteroatoms. The van der Waals surface area contributed by atoms with Crippen LogP contribution < -0.4 is 10.6 Å². The van der Waals surface area contributed by atoms with E-state index in [1.165, 1.54) is 12.1 Å². The molecule has 2 unspecified atom stereocenters. The number of halogens is 1. The molecule has 168 valence electrons. The lowest BCUT2D eigenvalue weighted by atomic mass is 9.98. The lowest BCUT2D eigenvalue weighted by Gasteiger charge is -2.35. The Labute approximate surface area is 191 Å². The van der Waals surface area contributed by atoms with Crippen molar-refractivity contribution in [3.8, 4) is 5.75 Å². The number of nitrogens with two attached hydrogens (primary N) is 1. The third-order valence-electron chi connectivity index (χ3n) is 6.43. The summed E-state index contributed by atoms with van der Waals surface area (Å²) in [6.07, 6.45) is 5.71. The van der Waals surface area contributed by atoms with Crippen LogP contribution in [0.15, 0.2) is 30.5 Å². The highest BCUT2D eigenvalue weighted by Gasteiger charge is 2.32. The Morgan fingerprint density at radius 2 is 2.06 bits per heavy atom. The lowest BCUT2D eigenvalue weighted by molar-refractivity contribution is 0.0605. The summed E-state index contributed by atoms with van der Waals surface area (Å²) >= 11 is 6.27. The van der Waals surface area contributed by atoms with Gasteiger partial charge in [0, 0.05) is 43.5 Å². The van der Waals surface area contributed by atoms with Crippen LogP contribution in [0.2, 0.25) is 5.02 Å². The van der Waals surface area contributed by atoms with E-state index in [4.69, 9.17) is 27.4 Å². The first kappa shape index (κ1) is 21.0. The number of amides is 1. The highest BCUT2D eigenvalue weighted by molar-refractivity contribution is 6.33. The van der Waals surface area contributed by atoms with E-state index in [-0.39, 0.29) is 23.7 Å². The van der Waals surface area contributed by atoms with Crippen LogP contribution in [0, 0.1) is 6.92 Å². The van der Waals surface area contributed by atoms with Gasteiger partial charge in [-0.2, -0.15) is 5.10 Å². The van der Waals surface area contributed by atoms with Gasteiger partial charge in [-0.15, -0.1) is 0 Å². The summed E-state index contributed by atoms with van der Waals surface area (Å²) in [5, 5.41) is 15.0. The Morgan fingerprint density at radius 1 is 1.22 bits per heavy atom. The fourth-order valence-corrected chi connectivity index (χ4v) is 4.99. The van der Waals surface area contributed by atoms with Gasteiger partial charge in [0.25, 0.3) is 5.91 Å². The number of likely N-dealkylation sites (tertiary alicyclic amines) is 1. The van der Waals surface area contributed by atoms with Crippen LogP contribution in [0.25, 0.3) is 5.65 Å². The van der Waals surface area contributed by atoms with Gasteiger partial charge in [0.2, 0.25) is 0 Å². The molecule has 0 spiro atoms. The molecule has 4 heterocycles. The number of benzene rings is 1. The third-order valence-corrected chi connectivity index (χ3v) is 6.76. The monoisotopic (exact) mass is 454 g/mol. The van der Waals surface area contributed by atoms with E-state index in [0.29, 0.717) is 17.1 Å². The molecule has 2 aliphatic heterocycles. The SMILES string of the molecule is Cc1cn2nc(C3CCCCN3C(=O)c3cc(O)ccc3Cl)cc2nc1N1CCC(N)C1. The molecular formula is C23H27ClN6O2. The van der Waals surface area contributed by atoms with Gasteiger partial charge in [-0.1, -0.05) is 11.6 Å². The van der Waals surface area contributed by atoms with Crippen LogP contribution in [-0.2, 0) is 0 Å². The summed E-state index contributed by atoms with van der Waals surface area (Å²) in [6, 6.07) is 6.44. The average molecular weight is 455 g/mol. The van der Waals surface area contributed by atoms with Crippen LogP contribution in [0.5, 0.6) is 5.75 Å². The van der Waals surface area contributed by atoms with E-state index in [1.807, 2.05) is 24.1 Å². The van der Waals surface area contributed by atoms with Gasteiger partial charge in [0.1, 0.15) is 11.6 Å². The Bertz CT molecular complexity index is 1180. The van der Waals surface area contributed by atoms with E-state index in [9.17, 15) is 9.90 Å². The van der Waals surface area contributed by atoms with Crippen LogP contribution >= 0.6 is 11.6 Å². The topological polar surface area (TPSA) is 100.0 Å². The van der Waals surface area contributed by atoms with Gasteiger partial charge in [-0.25, -0.2) is 9.50 Å². The fraction of sp³-hybridized carbons (Fsp3) is 0.435. The van der Waals surface area contributed by atoms with Crippen molar-refractivity contribution in [1.82, 2.24) is 19.5 Å². The summed E-state index contributed by atoms with van der Waals surface area (Å²) in [5.41, 5.74) is 9.02. The molecule has 0 aliphatic carbocycles. The number of nitrogens with zero attached hydrogens (tertiary/aromatic N) is 5. The van der Waals surface area contributed by atoms with Crippen LogP contribution in [-0.4, -0.2) is 56.2 Å². The van der Waals surface area contributed by atoms with Gasteiger partial charge < -0.3 is 20.6 Å². The summed E-state index contributed by atoms with van der Waals surface area (Å²) in [5.74, 6) is 0.774. The number of aromatic nitrogens is 3. The van der Waals surface area contributed by atoms with E-state index in [1.54, 1.807) is 10.6 Å². The molecule has 0 radical (unpaired) electrons. The first-order valence-corrected chi connectivity index (χ1v) is 11.5. The number of carbonyl (C=O) groups excluding carboxylic acids is 1. The van der Waals surface area contributed by atoms with Crippen LogP contribution in [0.3, 0.4) is 0 Å². The molecule has 1 aromatic carbocycles. The largest absolute Gasteiger partial charge is 0.508 e. The van der Waals surface area contributed by atoms with Crippen molar-refractivity contribution in [3.63, 3.8) is 0 Å². The number of phenolic OH excluding ortho intramolecular Hbond substituents is 1. The number of phenols is 1. The highest BCUT2D eigenvalue weighted by atomic mass is 35.5. The average Bonchev–Trinajstić information content (AvgIpc) is 3.40. The molecule has 8 nitrogen and oxygen atoms in total. The minimum Gasteiger partial charge on any atom is -0.508 e. The van der Waals surface area contributed by atoms with Gasteiger partial charge in [0.15, 0.2) is 5.65 Å². The highest BCUT2D eigenvalue weighted by Crippen LogP contribution is 2.34. The maximum atomic E-state index is 13.3. The van der Waals surface area contributed by atoms with Crippen molar-refractivity contribution in [1.29, 1.82) is 0 Å². The van der Waals surface area contributed by atoms with E-state index >= 15 is 0 Å². The Balaban J connectivity index is 1.48. The second-order valence-corrected chi connectivity index (χ2v) is 9.20. The van der Waals surface area contributed by atoms with Crippen molar-refractivity contribution in [2.75, 3.05) is 24.5 Å². The molecule has 3 aromatic rings. The van der Waals surface area contributed by atoms with Gasteiger partial charge in [0.05, 0.1) is 22.3 Å². The zero-order chi connectivity index (χ0) is 22.4. The molecular weight excluding hydrogens is 428 g/mol. The summed E-state index contributed by atoms with van der Waals surface area (Å²) in [4.78, 5) is 22.3. The van der Waals surface area contributed by atoms with Crippen molar-refractivity contribution in [3.05, 3.63) is 52.3 Å². The smallest absolute Gasteiger partial charge is 0.256 e. The standard InChI is InChI=1S/C23H27ClN6O2/c1-14-12-30-21(26-22(14)28-9-7-15(25)13-28)11-19(27-30)20-4-2-3-8-29(20)23(32)17-10-16(31)5-6-18(17)24/h5-6,10-12,15,20,31H,2-4,7-9,13,25H2,1H3. The zero-order valence-corrected chi connectivity index (χ0v) is 18.8. The maximum Gasteiger partial charge on any atom is 0.256 e. The van der Waals surface area contributed by atoms with Crippen molar-refractivity contribution < 1.29 is 9.90 Å². The second-order valence-electron chi connectivity index (χ2n) is 8.79. The quantitative estimate of drug-likeness (QED) is 0.629. The molecule has 2 saturated heterocycles.